The number of aromatic nitrogens is 2. The van der Waals surface area contributed by atoms with Crippen LogP contribution >= 0.6 is 12.2 Å². The van der Waals surface area contributed by atoms with E-state index in [1.807, 2.05) is 59.4 Å². The molecular formula is C23H25N5OS. The predicted octanol–water partition coefficient (Wildman–Crippen LogP) is 3.58. The average Bonchev–Trinajstić information content (AvgIpc) is 3.44. The van der Waals surface area contributed by atoms with Crippen LogP contribution in [0.15, 0.2) is 72.0 Å². The number of ether oxygens (including phenoxy) is 1. The van der Waals surface area contributed by atoms with Crippen LogP contribution in [0.3, 0.4) is 0 Å². The van der Waals surface area contributed by atoms with Crippen LogP contribution in [0.1, 0.15) is 24.0 Å². The van der Waals surface area contributed by atoms with Crippen LogP contribution in [0.25, 0.3) is 11.3 Å². The third-order valence-electron chi connectivity index (χ3n) is 4.91. The number of hydrazone groups is 1. The average molecular weight is 420 g/mol. The Balaban J connectivity index is 1.45. The Kier molecular flexibility index (Phi) is 6.84. The molecule has 2 heterocycles. The van der Waals surface area contributed by atoms with Gasteiger partial charge in [0.25, 0.3) is 0 Å². The Morgan fingerprint density at radius 3 is 2.67 bits per heavy atom. The lowest BCUT2D eigenvalue weighted by molar-refractivity contribution is 0.114. The smallest absolute Gasteiger partial charge is 0.187 e. The highest BCUT2D eigenvalue weighted by Gasteiger charge is 2.15. The molecule has 1 atom stereocenters. The summed E-state index contributed by atoms with van der Waals surface area (Å²) in [6, 6.07) is 20.4. The molecule has 6 nitrogen and oxygen atoms in total. The van der Waals surface area contributed by atoms with Gasteiger partial charge in [-0.25, -0.2) is 0 Å². The zero-order valence-corrected chi connectivity index (χ0v) is 17.5. The lowest BCUT2D eigenvalue weighted by Gasteiger charge is -2.11. The Morgan fingerprint density at radius 1 is 1.17 bits per heavy atom. The molecule has 0 radical (unpaired) electrons. The second-order valence-electron chi connectivity index (χ2n) is 7.20. The van der Waals surface area contributed by atoms with Gasteiger partial charge in [0.1, 0.15) is 5.69 Å². The first-order valence-electron chi connectivity index (χ1n) is 10.1. The summed E-state index contributed by atoms with van der Waals surface area (Å²) < 4.78 is 7.53. The number of thiocarbonyl (C=S) groups is 1. The van der Waals surface area contributed by atoms with E-state index in [2.05, 4.69) is 28.0 Å². The van der Waals surface area contributed by atoms with E-state index in [-0.39, 0.29) is 6.10 Å². The van der Waals surface area contributed by atoms with E-state index >= 15 is 0 Å². The van der Waals surface area contributed by atoms with Crippen LogP contribution < -0.4 is 10.7 Å². The fourth-order valence-electron chi connectivity index (χ4n) is 3.41. The van der Waals surface area contributed by atoms with Crippen molar-refractivity contribution >= 4 is 23.5 Å². The van der Waals surface area contributed by atoms with Crippen molar-refractivity contribution in [1.82, 2.24) is 20.5 Å². The standard InChI is InChI=1S/C23H25N5OS/c30-23(24-15-21-12-7-13-29-21)26-25-14-20-17-28(16-18-8-3-1-4-9-18)27-22(20)19-10-5-2-6-11-19/h1-6,8-11,14,17,21H,7,12-13,15-16H2,(H2,24,26,30)/b25-14-/t21-/m1/s1. The van der Waals surface area contributed by atoms with Crippen LogP contribution in [-0.2, 0) is 11.3 Å². The van der Waals surface area contributed by atoms with Crippen molar-refractivity contribution in [2.45, 2.75) is 25.5 Å². The van der Waals surface area contributed by atoms with E-state index in [1.54, 1.807) is 6.21 Å². The van der Waals surface area contributed by atoms with Crippen molar-refractivity contribution in [3.63, 3.8) is 0 Å². The molecule has 2 N–H and O–H groups in total. The van der Waals surface area contributed by atoms with Gasteiger partial charge in [-0.15, -0.1) is 0 Å². The van der Waals surface area contributed by atoms with Crippen LogP contribution in [0.4, 0.5) is 0 Å². The van der Waals surface area contributed by atoms with Gasteiger partial charge in [-0.05, 0) is 30.6 Å². The molecule has 154 valence electrons. The molecule has 1 aromatic heterocycles. The fourth-order valence-corrected chi connectivity index (χ4v) is 3.55. The zero-order valence-electron chi connectivity index (χ0n) is 16.7. The molecule has 1 aliphatic rings. The van der Waals surface area contributed by atoms with Crippen LogP contribution in [0.2, 0.25) is 0 Å². The minimum Gasteiger partial charge on any atom is -0.376 e. The first-order chi connectivity index (χ1) is 14.8. The second kappa shape index (κ2) is 10.1. The summed E-state index contributed by atoms with van der Waals surface area (Å²) in [7, 11) is 0. The molecule has 0 bridgehead atoms. The van der Waals surface area contributed by atoms with Gasteiger partial charge in [-0.1, -0.05) is 60.7 Å². The maximum atomic E-state index is 5.59. The molecule has 0 aliphatic carbocycles. The van der Waals surface area contributed by atoms with Gasteiger partial charge < -0.3 is 10.1 Å². The van der Waals surface area contributed by atoms with Crippen molar-refractivity contribution in [3.8, 4) is 11.3 Å². The first kappa shape index (κ1) is 20.3. The summed E-state index contributed by atoms with van der Waals surface area (Å²) in [5, 5.41) is 12.8. The molecule has 30 heavy (non-hydrogen) atoms. The minimum absolute atomic E-state index is 0.231. The highest BCUT2D eigenvalue weighted by atomic mass is 32.1. The number of nitrogens with zero attached hydrogens (tertiary/aromatic N) is 3. The molecule has 4 rings (SSSR count). The Labute approximate surface area is 182 Å². The van der Waals surface area contributed by atoms with E-state index in [9.17, 15) is 0 Å². The Hall–Kier alpha value is -3.03. The lowest BCUT2D eigenvalue weighted by Crippen LogP contribution is -2.37. The highest BCUT2D eigenvalue weighted by molar-refractivity contribution is 7.80. The van der Waals surface area contributed by atoms with Gasteiger partial charge >= 0.3 is 0 Å². The molecule has 1 aliphatic heterocycles. The molecule has 7 heteroatoms. The second-order valence-corrected chi connectivity index (χ2v) is 7.61. The Bertz CT molecular complexity index is 981. The molecule has 1 saturated heterocycles. The molecular weight excluding hydrogens is 394 g/mol. The maximum absolute atomic E-state index is 5.59. The molecule has 3 aromatic rings. The number of hydrogen-bond acceptors (Lipinski definition) is 4. The van der Waals surface area contributed by atoms with Gasteiger partial charge in [-0.3, -0.25) is 10.1 Å². The number of nitrogens with one attached hydrogen (secondary N) is 2. The van der Waals surface area contributed by atoms with Gasteiger partial charge in [-0.2, -0.15) is 10.2 Å². The number of hydrogen-bond donors (Lipinski definition) is 2. The molecule has 0 unspecified atom stereocenters. The first-order valence-corrected chi connectivity index (χ1v) is 10.5. The fraction of sp³-hybridized carbons (Fsp3) is 0.261. The monoisotopic (exact) mass is 419 g/mol. The van der Waals surface area contributed by atoms with Crippen molar-refractivity contribution in [1.29, 1.82) is 0 Å². The van der Waals surface area contributed by atoms with E-state index < -0.39 is 0 Å². The highest BCUT2D eigenvalue weighted by Crippen LogP contribution is 2.21. The van der Waals surface area contributed by atoms with Gasteiger partial charge in [0.05, 0.1) is 18.9 Å². The van der Waals surface area contributed by atoms with Gasteiger partial charge in [0, 0.05) is 30.5 Å². The summed E-state index contributed by atoms with van der Waals surface area (Å²) in [6.07, 6.45) is 6.18. The molecule has 0 saturated carbocycles. The number of benzene rings is 2. The number of rotatable bonds is 7. The van der Waals surface area contributed by atoms with Crippen molar-refractivity contribution in [3.05, 3.63) is 78.0 Å². The van der Waals surface area contributed by atoms with E-state index in [0.29, 0.717) is 18.2 Å². The molecule has 0 spiro atoms. The summed E-state index contributed by atoms with van der Waals surface area (Å²) in [5.41, 5.74) is 6.94. The predicted molar refractivity (Wildman–Crippen MR) is 124 cm³/mol. The molecule has 1 fully saturated rings. The zero-order chi connectivity index (χ0) is 20.6. The topological polar surface area (TPSA) is 63.5 Å². The largest absolute Gasteiger partial charge is 0.376 e. The van der Waals surface area contributed by atoms with Gasteiger partial charge in [0.2, 0.25) is 0 Å². The van der Waals surface area contributed by atoms with Crippen molar-refractivity contribution in [2.24, 2.45) is 5.10 Å². The van der Waals surface area contributed by atoms with Crippen molar-refractivity contribution in [2.75, 3.05) is 13.2 Å². The minimum atomic E-state index is 0.231. The Morgan fingerprint density at radius 2 is 1.93 bits per heavy atom. The molecule has 2 aromatic carbocycles. The van der Waals surface area contributed by atoms with Crippen LogP contribution in [-0.4, -0.2) is 40.4 Å². The summed E-state index contributed by atoms with van der Waals surface area (Å²) in [5.74, 6) is 0. The maximum Gasteiger partial charge on any atom is 0.187 e. The van der Waals surface area contributed by atoms with Gasteiger partial charge in [0.15, 0.2) is 5.11 Å². The normalized spacial score (nSPS) is 16.1. The van der Waals surface area contributed by atoms with E-state index in [1.165, 1.54) is 5.56 Å². The van der Waals surface area contributed by atoms with Crippen LogP contribution in [0, 0.1) is 0 Å². The molecule has 0 amide bonds. The summed E-state index contributed by atoms with van der Waals surface area (Å²) in [4.78, 5) is 0. The summed E-state index contributed by atoms with van der Waals surface area (Å²) in [6.45, 7) is 2.23. The summed E-state index contributed by atoms with van der Waals surface area (Å²) >= 11 is 5.31. The third-order valence-corrected chi connectivity index (χ3v) is 5.14. The van der Waals surface area contributed by atoms with E-state index in [0.717, 1.165) is 36.3 Å². The van der Waals surface area contributed by atoms with Crippen LogP contribution in [0.5, 0.6) is 0 Å². The SMILES string of the molecule is S=C(NC[C@H]1CCCO1)N/N=C\c1cn(Cc2ccccc2)nc1-c1ccccc1. The van der Waals surface area contributed by atoms with E-state index in [4.69, 9.17) is 22.1 Å². The lowest BCUT2D eigenvalue weighted by atomic mass is 10.1. The third kappa shape index (κ3) is 5.52. The quantitative estimate of drug-likeness (QED) is 0.348. The van der Waals surface area contributed by atoms with Crippen molar-refractivity contribution < 1.29 is 4.74 Å².